The van der Waals surface area contributed by atoms with Crippen molar-refractivity contribution in [2.24, 2.45) is 0 Å². The number of fused-ring (bicyclic) bond motifs is 1. The first-order valence-electron chi connectivity index (χ1n) is 15.3. The minimum atomic E-state index is -0.956. The zero-order chi connectivity index (χ0) is 31.2. The monoisotopic (exact) mass is 605 g/mol. The number of imidazole rings is 1. The van der Waals surface area contributed by atoms with Crippen molar-refractivity contribution in [3.05, 3.63) is 125 Å². The second kappa shape index (κ2) is 13.8. The lowest BCUT2D eigenvalue weighted by Gasteiger charge is -2.26. The van der Waals surface area contributed by atoms with Crippen LogP contribution in [0.3, 0.4) is 0 Å². The zero-order valence-corrected chi connectivity index (χ0v) is 25.3. The van der Waals surface area contributed by atoms with Gasteiger partial charge < -0.3 is 19.1 Å². The molecule has 0 atom stereocenters. The number of hydrogen-bond donors (Lipinski definition) is 1. The first kappa shape index (κ1) is 30.1. The van der Waals surface area contributed by atoms with Crippen LogP contribution in [-0.4, -0.2) is 38.7 Å². The summed E-state index contributed by atoms with van der Waals surface area (Å²) in [5.74, 6) is 1.05. The maximum Gasteiger partial charge on any atom is 0.335 e. The summed E-state index contributed by atoms with van der Waals surface area (Å²) < 4.78 is 28.5. The van der Waals surface area contributed by atoms with Gasteiger partial charge in [0.2, 0.25) is 0 Å². The molecule has 0 amide bonds. The van der Waals surface area contributed by atoms with E-state index >= 15 is 0 Å². The number of halogens is 1. The number of unbranched alkanes of at least 4 members (excludes halogenated alkanes) is 1. The Bertz CT molecular complexity index is 1770. The molecule has 6 rings (SSSR count). The van der Waals surface area contributed by atoms with E-state index in [9.17, 15) is 14.3 Å². The molecule has 8 heteroatoms. The van der Waals surface area contributed by atoms with Crippen molar-refractivity contribution >= 4 is 5.97 Å². The second-order valence-corrected chi connectivity index (χ2v) is 11.2. The third kappa shape index (κ3) is 7.07. The molecule has 0 aliphatic carbocycles. The quantitative estimate of drug-likeness (QED) is 0.156. The molecule has 0 fully saturated rings. The van der Waals surface area contributed by atoms with Gasteiger partial charge in [-0.1, -0.05) is 74.0 Å². The maximum absolute atomic E-state index is 14.6. The Hall–Kier alpha value is -4.95. The normalized spacial score (nSPS) is 12.4. The number of carboxylic acid groups (broad SMARTS) is 1. The molecule has 1 aliphatic heterocycles. The molecule has 5 aromatic rings. The van der Waals surface area contributed by atoms with Crippen molar-refractivity contribution in [3.8, 4) is 34.1 Å². The van der Waals surface area contributed by atoms with Crippen LogP contribution in [0.2, 0.25) is 0 Å². The van der Waals surface area contributed by atoms with E-state index < -0.39 is 5.97 Å². The number of aromatic nitrogens is 2. The van der Waals surface area contributed by atoms with Gasteiger partial charge >= 0.3 is 5.97 Å². The maximum atomic E-state index is 14.6. The summed E-state index contributed by atoms with van der Waals surface area (Å²) >= 11 is 0. The number of nitrogens with zero attached hydrogens (tertiary/aromatic N) is 3. The molecule has 0 bridgehead atoms. The minimum absolute atomic E-state index is 0.246. The minimum Gasteiger partial charge on any atom is -0.486 e. The van der Waals surface area contributed by atoms with Gasteiger partial charge in [-0.05, 0) is 53.9 Å². The van der Waals surface area contributed by atoms with Crippen LogP contribution < -0.4 is 9.47 Å². The van der Waals surface area contributed by atoms with E-state index in [4.69, 9.17) is 14.5 Å². The second-order valence-electron chi connectivity index (χ2n) is 11.2. The van der Waals surface area contributed by atoms with Crippen LogP contribution in [0.25, 0.3) is 22.6 Å². The van der Waals surface area contributed by atoms with E-state index in [0.717, 1.165) is 70.4 Å². The lowest BCUT2D eigenvalue weighted by molar-refractivity contribution is 0.0697. The standard InChI is InChI=1S/C37H36FN3O4/c1-2-3-18-41-32(35(30-10-7-11-31(38)22-30)39-36(41)28-8-5-4-6-9-28)25-40(23-26-12-15-29(16-13-26)37(42)43)24-27-14-17-33-34(21-27)45-20-19-44-33/h4-17,21-22H,2-3,18-20,23-25H2,1H3,(H,42,43). The molecule has 7 nitrogen and oxygen atoms in total. The van der Waals surface area contributed by atoms with Crippen molar-refractivity contribution in [2.75, 3.05) is 13.2 Å². The van der Waals surface area contributed by atoms with Crippen LogP contribution in [0.1, 0.15) is 46.9 Å². The summed E-state index contributed by atoms with van der Waals surface area (Å²) in [6.45, 7) is 5.62. The predicted molar refractivity (Wildman–Crippen MR) is 172 cm³/mol. The Labute approximate surface area is 262 Å². The molecule has 1 aromatic heterocycles. The Balaban J connectivity index is 1.44. The molecule has 1 aliphatic rings. The molecule has 1 N–H and O–H groups in total. The molecule has 0 spiro atoms. The number of ether oxygens (including phenoxy) is 2. The van der Waals surface area contributed by atoms with Gasteiger partial charge in [0.25, 0.3) is 0 Å². The lowest BCUT2D eigenvalue weighted by atomic mass is 10.1. The summed E-state index contributed by atoms with van der Waals surface area (Å²) in [7, 11) is 0. The van der Waals surface area contributed by atoms with Crippen LogP contribution in [0.4, 0.5) is 4.39 Å². The number of hydrogen-bond acceptors (Lipinski definition) is 5. The molecule has 0 saturated carbocycles. The van der Waals surface area contributed by atoms with Crippen LogP contribution in [-0.2, 0) is 26.2 Å². The largest absolute Gasteiger partial charge is 0.486 e. The number of aromatic carboxylic acids is 1. The number of carboxylic acids is 1. The highest BCUT2D eigenvalue weighted by molar-refractivity contribution is 5.87. The van der Waals surface area contributed by atoms with Gasteiger partial charge in [-0.3, -0.25) is 4.90 Å². The van der Waals surface area contributed by atoms with E-state index in [2.05, 4.69) is 28.5 Å². The highest BCUT2D eigenvalue weighted by atomic mass is 19.1. The molecule has 45 heavy (non-hydrogen) atoms. The van der Waals surface area contributed by atoms with E-state index in [1.165, 1.54) is 6.07 Å². The van der Waals surface area contributed by atoms with Gasteiger partial charge in [-0.25, -0.2) is 14.2 Å². The average Bonchev–Trinajstić information content (AvgIpc) is 3.42. The smallest absolute Gasteiger partial charge is 0.335 e. The van der Waals surface area contributed by atoms with Gasteiger partial charge in [0.05, 0.1) is 17.0 Å². The molecule has 0 radical (unpaired) electrons. The fourth-order valence-electron chi connectivity index (χ4n) is 5.71. The van der Waals surface area contributed by atoms with Crippen molar-refractivity contribution < 1.29 is 23.8 Å². The van der Waals surface area contributed by atoms with E-state index in [0.29, 0.717) is 32.8 Å². The summed E-state index contributed by atoms with van der Waals surface area (Å²) in [5, 5.41) is 9.43. The van der Waals surface area contributed by atoms with Gasteiger partial charge in [0, 0.05) is 37.3 Å². The molecular weight excluding hydrogens is 569 g/mol. The molecule has 2 heterocycles. The summed E-state index contributed by atoms with van der Waals surface area (Å²) in [4.78, 5) is 19.0. The average molecular weight is 606 g/mol. The Kier molecular flexibility index (Phi) is 9.22. The van der Waals surface area contributed by atoms with Crippen LogP contribution >= 0.6 is 0 Å². The Morgan fingerprint density at radius 2 is 1.56 bits per heavy atom. The number of rotatable bonds is 12. The summed E-state index contributed by atoms with van der Waals surface area (Å²) in [5.41, 5.74) is 5.74. The van der Waals surface area contributed by atoms with Crippen molar-refractivity contribution in [1.29, 1.82) is 0 Å². The van der Waals surface area contributed by atoms with Gasteiger partial charge in [0.15, 0.2) is 11.5 Å². The van der Waals surface area contributed by atoms with Gasteiger partial charge in [-0.15, -0.1) is 0 Å². The topological polar surface area (TPSA) is 76.8 Å². The SMILES string of the molecule is CCCCn1c(-c2ccccc2)nc(-c2cccc(F)c2)c1CN(Cc1ccc(C(=O)O)cc1)Cc1ccc2c(c1)OCCO2. The van der Waals surface area contributed by atoms with Crippen molar-refractivity contribution in [1.82, 2.24) is 14.5 Å². The Morgan fingerprint density at radius 3 is 2.29 bits per heavy atom. The fourth-order valence-corrected chi connectivity index (χ4v) is 5.71. The Morgan fingerprint density at radius 1 is 0.844 bits per heavy atom. The summed E-state index contributed by atoms with van der Waals surface area (Å²) in [6, 6.07) is 29.7. The summed E-state index contributed by atoms with van der Waals surface area (Å²) in [6.07, 6.45) is 1.97. The molecule has 0 unspecified atom stereocenters. The van der Waals surface area contributed by atoms with Crippen molar-refractivity contribution in [3.63, 3.8) is 0 Å². The predicted octanol–water partition coefficient (Wildman–Crippen LogP) is 7.83. The third-order valence-corrected chi connectivity index (χ3v) is 7.93. The molecule has 230 valence electrons. The third-order valence-electron chi connectivity index (χ3n) is 7.93. The highest BCUT2D eigenvalue weighted by Crippen LogP contribution is 2.34. The molecular formula is C37H36FN3O4. The van der Waals surface area contributed by atoms with E-state index in [-0.39, 0.29) is 11.4 Å². The van der Waals surface area contributed by atoms with Crippen LogP contribution in [0.15, 0.2) is 97.1 Å². The molecule has 4 aromatic carbocycles. The number of carbonyl (C=O) groups is 1. The van der Waals surface area contributed by atoms with Gasteiger partial charge in [0.1, 0.15) is 24.9 Å². The fraction of sp³-hybridized carbons (Fsp3) is 0.243. The van der Waals surface area contributed by atoms with Crippen molar-refractivity contribution in [2.45, 2.75) is 45.9 Å². The first-order chi connectivity index (χ1) is 22.0. The molecule has 0 saturated heterocycles. The lowest BCUT2D eigenvalue weighted by Crippen LogP contribution is -2.25. The van der Waals surface area contributed by atoms with Crippen LogP contribution in [0.5, 0.6) is 11.5 Å². The zero-order valence-electron chi connectivity index (χ0n) is 25.3. The van der Waals surface area contributed by atoms with E-state index in [1.54, 1.807) is 24.3 Å². The van der Waals surface area contributed by atoms with Gasteiger partial charge in [-0.2, -0.15) is 0 Å². The highest BCUT2D eigenvalue weighted by Gasteiger charge is 2.23. The van der Waals surface area contributed by atoms with E-state index in [1.807, 2.05) is 54.6 Å². The first-order valence-corrected chi connectivity index (χ1v) is 15.3. The van der Waals surface area contributed by atoms with Crippen LogP contribution in [0, 0.1) is 5.82 Å². The number of benzene rings is 4.